The molecule has 2 aromatic rings. The molecular weight excluding hydrogens is 302 g/mol. The molecule has 116 valence electrons. The summed E-state index contributed by atoms with van der Waals surface area (Å²) in [5.41, 5.74) is 0.901. The molecule has 2 aromatic heterocycles. The number of hydrogen-bond donors (Lipinski definition) is 0. The molecule has 2 fully saturated rings. The molecule has 1 aliphatic carbocycles. The van der Waals surface area contributed by atoms with Gasteiger partial charge in [-0.05, 0) is 18.9 Å². The van der Waals surface area contributed by atoms with Gasteiger partial charge in [0.15, 0.2) is 0 Å². The lowest BCUT2D eigenvalue weighted by molar-refractivity contribution is -0.136. The second kappa shape index (κ2) is 5.21. The van der Waals surface area contributed by atoms with Gasteiger partial charge in [0.2, 0.25) is 5.91 Å². The second-order valence-electron chi connectivity index (χ2n) is 6.19. The number of amides is 1. The minimum absolute atomic E-state index is 0.223. The average molecular weight is 320 g/mol. The van der Waals surface area contributed by atoms with Crippen molar-refractivity contribution in [3.05, 3.63) is 23.7 Å². The molecule has 0 atom stereocenters. The van der Waals surface area contributed by atoms with E-state index in [0.717, 1.165) is 37.0 Å². The normalized spacial score (nSPS) is 26.5. The van der Waals surface area contributed by atoms with Crippen molar-refractivity contribution in [2.75, 3.05) is 26.7 Å². The van der Waals surface area contributed by atoms with Crippen molar-refractivity contribution < 1.29 is 4.79 Å². The zero-order chi connectivity index (χ0) is 15.3. The second-order valence-corrected chi connectivity index (χ2v) is 6.55. The van der Waals surface area contributed by atoms with E-state index in [4.69, 9.17) is 11.6 Å². The molecule has 0 radical (unpaired) electrons. The molecule has 0 N–H and O–H groups in total. The van der Waals surface area contributed by atoms with Crippen LogP contribution in [0.4, 0.5) is 0 Å². The number of carbonyl (C=O) groups excluding carboxylic acids is 1. The molecule has 6 nitrogen and oxygen atoms in total. The van der Waals surface area contributed by atoms with Crippen molar-refractivity contribution in [2.45, 2.75) is 24.9 Å². The van der Waals surface area contributed by atoms with Crippen LogP contribution in [0, 0.1) is 0 Å². The highest BCUT2D eigenvalue weighted by Crippen LogP contribution is 2.38. The average Bonchev–Trinajstić information content (AvgIpc) is 2.87. The van der Waals surface area contributed by atoms with Crippen LogP contribution in [0.3, 0.4) is 0 Å². The number of likely N-dealkylation sites (N-methyl/N-ethyl adjacent to an activating group) is 1. The standard InChI is InChI=1S/C15H18ClN5O/c1-19-4-5-20(8-13(19)22)10-6-11(7-10)21-3-2-12-14(16)17-9-18-15(12)21/h2-3,9-11H,4-8H2,1H3. The molecule has 7 heteroatoms. The molecule has 1 saturated carbocycles. The van der Waals surface area contributed by atoms with Crippen molar-refractivity contribution in [3.8, 4) is 0 Å². The number of fused-ring (bicyclic) bond motifs is 1. The number of hydrogen-bond acceptors (Lipinski definition) is 4. The topological polar surface area (TPSA) is 54.3 Å². The van der Waals surface area contributed by atoms with Crippen LogP contribution in [0.15, 0.2) is 18.6 Å². The Labute approximate surface area is 133 Å². The first kappa shape index (κ1) is 14.0. The Bertz CT molecular complexity index is 724. The highest BCUT2D eigenvalue weighted by atomic mass is 35.5. The Kier molecular flexibility index (Phi) is 3.31. The van der Waals surface area contributed by atoms with Crippen LogP contribution in [0.1, 0.15) is 18.9 Å². The minimum Gasteiger partial charge on any atom is -0.343 e. The third-order valence-electron chi connectivity index (χ3n) is 4.95. The minimum atomic E-state index is 0.223. The van der Waals surface area contributed by atoms with Gasteiger partial charge in [-0.3, -0.25) is 9.69 Å². The van der Waals surface area contributed by atoms with Crippen LogP contribution in [0.2, 0.25) is 5.15 Å². The molecule has 0 unspecified atom stereocenters. The molecule has 0 spiro atoms. The highest BCUT2D eigenvalue weighted by Gasteiger charge is 2.37. The third kappa shape index (κ3) is 2.18. The summed E-state index contributed by atoms with van der Waals surface area (Å²) >= 11 is 6.10. The van der Waals surface area contributed by atoms with Crippen molar-refractivity contribution >= 4 is 28.5 Å². The number of rotatable bonds is 2. The van der Waals surface area contributed by atoms with Crippen molar-refractivity contribution in [2.24, 2.45) is 0 Å². The molecule has 1 amide bonds. The molecule has 4 rings (SSSR count). The lowest BCUT2D eigenvalue weighted by Crippen LogP contribution is -2.55. The quantitative estimate of drug-likeness (QED) is 0.788. The van der Waals surface area contributed by atoms with E-state index in [2.05, 4.69) is 19.4 Å². The summed E-state index contributed by atoms with van der Waals surface area (Å²) < 4.78 is 2.19. The van der Waals surface area contributed by atoms with Crippen LogP contribution in [0.25, 0.3) is 11.0 Å². The summed E-state index contributed by atoms with van der Waals surface area (Å²) in [6.45, 7) is 2.35. The monoisotopic (exact) mass is 319 g/mol. The van der Waals surface area contributed by atoms with Gasteiger partial charge < -0.3 is 9.47 Å². The van der Waals surface area contributed by atoms with E-state index >= 15 is 0 Å². The zero-order valence-corrected chi connectivity index (χ0v) is 13.2. The number of carbonyl (C=O) groups is 1. The number of aromatic nitrogens is 3. The Balaban J connectivity index is 1.47. The van der Waals surface area contributed by atoms with E-state index in [1.54, 1.807) is 0 Å². The molecule has 0 bridgehead atoms. The van der Waals surface area contributed by atoms with Gasteiger partial charge in [0.25, 0.3) is 0 Å². The maximum Gasteiger partial charge on any atom is 0.236 e. The first-order valence-electron chi connectivity index (χ1n) is 7.58. The van der Waals surface area contributed by atoms with E-state index in [-0.39, 0.29) is 5.91 Å². The van der Waals surface area contributed by atoms with Gasteiger partial charge in [-0.15, -0.1) is 0 Å². The first-order valence-corrected chi connectivity index (χ1v) is 7.96. The third-order valence-corrected chi connectivity index (χ3v) is 5.25. The molecule has 22 heavy (non-hydrogen) atoms. The van der Waals surface area contributed by atoms with Gasteiger partial charge >= 0.3 is 0 Å². The molecule has 1 aliphatic heterocycles. The fourth-order valence-electron chi connectivity index (χ4n) is 3.41. The molecule has 1 saturated heterocycles. The fourth-order valence-corrected chi connectivity index (χ4v) is 3.60. The Morgan fingerprint density at radius 2 is 2.05 bits per heavy atom. The van der Waals surface area contributed by atoms with Gasteiger partial charge in [-0.25, -0.2) is 9.97 Å². The molecular formula is C15H18ClN5O. The number of piperazine rings is 1. The maximum absolute atomic E-state index is 11.8. The van der Waals surface area contributed by atoms with E-state index in [9.17, 15) is 4.79 Å². The van der Waals surface area contributed by atoms with Crippen LogP contribution in [0.5, 0.6) is 0 Å². The largest absolute Gasteiger partial charge is 0.343 e. The van der Waals surface area contributed by atoms with Gasteiger partial charge in [0.05, 0.1) is 11.9 Å². The van der Waals surface area contributed by atoms with Crippen LogP contribution in [-0.2, 0) is 4.79 Å². The Morgan fingerprint density at radius 3 is 2.82 bits per heavy atom. The first-order chi connectivity index (χ1) is 10.6. The van der Waals surface area contributed by atoms with Crippen molar-refractivity contribution in [1.29, 1.82) is 0 Å². The lowest BCUT2D eigenvalue weighted by Gasteiger charge is -2.45. The van der Waals surface area contributed by atoms with Gasteiger partial charge in [0, 0.05) is 38.4 Å². The van der Waals surface area contributed by atoms with Gasteiger partial charge in [-0.2, -0.15) is 0 Å². The molecule has 2 aliphatic rings. The van der Waals surface area contributed by atoms with E-state index in [1.165, 1.54) is 6.33 Å². The van der Waals surface area contributed by atoms with Crippen LogP contribution < -0.4 is 0 Å². The predicted octanol–water partition coefficient (Wildman–Crippen LogP) is 1.56. The fraction of sp³-hybridized carbons (Fsp3) is 0.533. The molecule has 0 aromatic carbocycles. The Hall–Kier alpha value is -1.66. The smallest absolute Gasteiger partial charge is 0.236 e. The number of nitrogens with zero attached hydrogens (tertiary/aromatic N) is 5. The van der Waals surface area contributed by atoms with E-state index in [0.29, 0.717) is 23.8 Å². The number of halogens is 1. The summed E-state index contributed by atoms with van der Waals surface area (Å²) in [7, 11) is 1.87. The van der Waals surface area contributed by atoms with Gasteiger partial charge in [-0.1, -0.05) is 11.6 Å². The summed E-state index contributed by atoms with van der Waals surface area (Å²) in [6.07, 6.45) is 5.67. The van der Waals surface area contributed by atoms with E-state index < -0.39 is 0 Å². The van der Waals surface area contributed by atoms with Crippen molar-refractivity contribution in [3.63, 3.8) is 0 Å². The van der Waals surface area contributed by atoms with E-state index in [1.807, 2.05) is 24.2 Å². The SMILES string of the molecule is CN1CCN(C2CC(n3ccc4c(Cl)ncnc43)C2)CC1=O. The molecule has 3 heterocycles. The Morgan fingerprint density at radius 1 is 1.23 bits per heavy atom. The van der Waals surface area contributed by atoms with Gasteiger partial charge in [0.1, 0.15) is 17.1 Å². The lowest BCUT2D eigenvalue weighted by atomic mass is 9.85. The van der Waals surface area contributed by atoms with Crippen LogP contribution in [-0.4, -0.2) is 63.0 Å². The maximum atomic E-state index is 11.8. The van der Waals surface area contributed by atoms with Crippen molar-refractivity contribution in [1.82, 2.24) is 24.3 Å². The van der Waals surface area contributed by atoms with Crippen LogP contribution >= 0.6 is 11.6 Å². The summed E-state index contributed by atoms with van der Waals surface area (Å²) in [4.78, 5) is 24.3. The zero-order valence-electron chi connectivity index (χ0n) is 12.4. The summed E-state index contributed by atoms with van der Waals surface area (Å²) in [5, 5.41) is 1.41. The summed E-state index contributed by atoms with van der Waals surface area (Å²) in [6, 6.07) is 2.91. The summed E-state index contributed by atoms with van der Waals surface area (Å²) in [5.74, 6) is 0.223. The highest BCUT2D eigenvalue weighted by molar-refractivity contribution is 6.33. The predicted molar refractivity (Wildman–Crippen MR) is 83.8 cm³/mol.